The van der Waals surface area contributed by atoms with Gasteiger partial charge in [0.1, 0.15) is 18.6 Å². The zero-order valence-corrected chi connectivity index (χ0v) is 16.9. The second-order valence-electron chi connectivity index (χ2n) is 8.48. The molecule has 0 N–H and O–H groups in total. The zero-order chi connectivity index (χ0) is 17.9. The average Bonchev–Trinajstić information content (AvgIpc) is 2.36. The second kappa shape index (κ2) is 7.36. The minimum atomic E-state index is -1.96. The van der Waals surface area contributed by atoms with Gasteiger partial charge in [0.15, 0.2) is 8.32 Å². The first kappa shape index (κ1) is 20.2. The number of ether oxygens (including phenoxy) is 2. The monoisotopic (exact) mass is 343 g/mol. The van der Waals surface area contributed by atoms with Crippen LogP contribution in [0, 0.1) is 0 Å². The van der Waals surface area contributed by atoms with Gasteiger partial charge in [-0.15, -0.1) is 0 Å². The maximum absolute atomic E-state index is 12.6. The summed E-state index contributed by atoms with van der Waals surface area (Å²) in [5, 5.41) is 0.0833. The predicted octanol–water partition coefficient (Wildman–Crippen LogP) is 4.51. The summed E-state index contributed by atoms with van der Waals surface area (Å²) in [6, 6.07) is 0. The second-order valence-corrected chi connectivity index (χ2v) is 13.3. The third-order valence-corrected chi connectivity index (χ3v) is 8.70. The molecule has 0 radical (unpaired) electrons. The van der Waals surface area contributed by atoms with Crippen LogP contribution in [0.15, 0.2) is 12.2 Å². The number of carbonyl (C=O) groups is 1. The fraction of sp³-hybridized carbons (Fsp3) is 0.824. The summed E-state index contributed by atoms with van der Waals surface area (Å²) in [5.41, 5.74) is -0.545. The summed E-state index contributed by atoms with van der Waals surface area (Å²) in [7, 11) is -1.96. The molecule has 0 bridgehead atoms. The normalized spacial score (nSPS) is 19.6. The fourth-order valence-electron chi connectivity index (χ4n) is 1.75. The van der Waals surface area contributed by atoms with Crippen LogP contribution >= 0.6 is 0 Å². The Bertz CT molecular complexity index is 435. The average molecular weight is 344 g/mol. The van der Waals surface area contributed by atoms with Crippen LogP contribution in [-0.4, -0.2) is 44.5 Å². The van der Waals surface area contributed by atoms with Crippen molar-refractivity contribution < 1.29 is 18.7 Å². The summed E-state index contributed by atoms with van der Waals surface area (Å²) in [6.07, 6.45) is 3.91. The maximum Gasteiger partial charge on any atom is 0.414 e. The van der Waals surface area contributed by atoms with Gasteiger partial charge in [0.05, 0.1) is 6.61 Å². The van der Waals surface area contributed by atoms with Gasteiger partial charge in [-0.3, -0.25) is 4.90 Å². The molecule has 0 aliphatic carbocycles. The Morgan fingerprint density at radius 3 is 2.26 bits per heavy atom. The van der Waals surface area contributed by atoms with Crippen LogP contribution in [-0.2, 0) is 13.9 Å². The van der Waals surface area contributed by atoms with Gasteiger partial charge in [0, 0.05) is 6.42 Å². The first-order valence-corrected chi connectivity index (χ1v) is 11.1. The van der Waals surface area contributed by atoms with Crippen molar-refractivity contribution >= 4 is 14.4 Å². The van der Waals surface area contributed by atoms with Crippen molar-refractivity contribution in [3.05, 3.63) is 12.2 Å². The van der Waals surface area contributed by atoms with Crippen LogP contribution in [0.3, 0.4) is 0 Å². The lowest BCUT2D eigenvalue weighted by molar-refractivity contribution is -0.0852. The van der Waals surface area contributed by atoms with E-state index in [1.54, 1.807) is 4.90 Å². The van der Waals surface area contributed by atoms with Gasteiger partial charge < -0.3 is 13.9 Å². The Morgan fingerprint density at radius 1 is 1.22 bits per heavy atom. The Balaban J connectivity index is 2.83. The van der Waals surface area contributed by atoms with Gasteiger partial charge in [0.25, 0.3) is 0 Å². The number of hydrogen-bond acceptors (Lipinski definition) is 4. The van der Waals surface area contributed by atoms with E-state index >= 15 is 0 Å². The van der Waals surface area contributed by atoms with Crippen molar-refractivity contribution in [2.75, 3.05) is 13.3 Å². The highest BCUT2D eigenvalue weighted by atomic mass is 28.4. The number of nitrogens with zero attached hydrogens (tertiary/aromatic N) is 1. The van der Waals surface area contributed by atoms with Crippen LogP contribution in [0.25, 0.3) is 0 Å². The summed E-state index contributed by atoms with van der Waals surface area (Å²) in [4.78, 5) is 14.1. The minimum Gasteiger partial charge on any atom is -0.444 e. The molecule has 1 heterocycles. The third kappa shape index (κ3) is 6.28. The van der Waals surface area contributed by atoms with Crippen molar-refractivity contribution in [1.82, 2.24) is 4.90 Å². The molecule has 1 aliphatic rings. The van der Waals surface area contributed by atoms with Crippen LogP contribution < -0.4 is 0 Å². The van der Waals surface area contributed by atoms with E-state index in [4.69, 9.17) is 13.9 Å². The zero-order valence-electron chi connectivity index (χ0n) is 15.9. The fourth-order valence-corrected chi connectivity index (χ4v) is 2.65. The number of amides is 1. The topological polar surface area (TPSA) is 48.0 Å². The predicted molar refractivity (Wildman–Crippen MR) is 94.7 cm³/mol. The van der Waals surface area contributed by atoms with Crippen molar-refractivity contribution in [3.63, 3.8) is 0 Å². The van der Waals surface area contributed by atoms with Gasteiger partial charge in [0.2, 0.25) is 0 Å². The molecule has 0 aromatic heterocycles. The molecule has 0 aromatic rings. The van der Waals surface area contributed by atoms with Gasteiger partial charge in [-0.05, 0) is 38.9 Å². The Labute approximate surface area is 142 Å². The lowest BCUT2D eigenvalue weighted by atomic mass is 10.2. The number of carbonyl (C=O) groups excluding carboxylic acids is 1. The molecule has 1 aliphatic heterocycles. The Morgan fingerprint density at radius 2 is 1.83 bits per heavy atom. The SMILES string of the molecule is CC(C)(C)OC(=O)N(CO[Si](C)(C)C(C)(C)C)C1CC=CCO1. The summed E-state index contributed by atoms with van der Waals surface area (Å²) in [5.74, 6) is 0. The van der Waals surface area contributed by atoms with E-state index in [1.165, 1.54) is 0 Å². The van der Waals surface area contributed by atoms with Crippen molar-refractivity contribution in [3.8, 4) is 0 Å². The van der Waals surface area contributed by atoms with E-state index in [0.29, 0.717) is 13.0 Å². The highest BCUT2D eigenvalue weighted by Gasteiger charge is 2.39. The molecular weight excluding hydrogens is 310 g/mol. The molecule has 1 unspecified atom stereocenters. The van der Waals surface area contributed by atoms with E-state index in [0.717, 1.165) is 0 Å². The van der Waals surface area contributed by atoms with Crippen LogP contribution in [0.5, 0.6) is 0 Å². The number of hydrogen-bond donors (Lipinski definition) is 0. The minimum absolute atomic E-state index is 0.0833. The molecule has 1 rings (SSSR count). The van der Waals surface area contributed by atoms with Crippen molar-refractivity contribution in [1.29, 1.82) is 0 Å². The Kier molecular flexibility index (Phi) is 6.46. The van der Waals surface area contributed by atoms with Gasteiger partial charge >= 0.3 is 6.09 Å². The standard InChI is InChI=1S/C17H33NO4Si/c1-16(2,3)22-15(19)18(14-11-9-10-12-20-14)13-21-23(7,8)17(4,5)6/h9-10,14H,11-13H2,1-8H3. The quantitative estimate of drug-likeness (QED) is 0.428. The molecule has 134 valence electrons. The van der Waals surface area contributed by atoms with E-state index in [9.17, 15) is 4.79 Å². The van der Waals surface area contributed by atoms with Gasteiger partial charge in [-0.1, -0.05) is 32.9 Å². The van der Waals surface area contributed by atoms with Crippen molar-refractivity contribution in [2.45, 2.75) is 77.9 Å². The van der Waals surface area contributed by atoms with Crippen molar-refractivity contribution in [2.24, 2.45) is 0 Å². The molecule has 6 heteroatoms. The molecule has 0 aromatic carbocycles. The molecule has 0 saturated carbocycles. The van der Waals surface area contributed by atoms with Gasteiger partial charge in [-0.25, -0.2) is 4.79 Å². The maximum atomic E-state index is 12.6. The molecule has 0 fully saturated rings. The first-order chi connectivity index (χ1) is 10.3. The van der Waals surface area contributed by atoms with Crippen LogP contribution in [0.2, 0.25) is 18.1 Å². The molecule has 5 nitrogen and oxygen atoms in total. The lowest BCUT2D eigenvalue weighted by Crippen LogP contribution is -2.50. The largest absolute Gasteiger partial charge is 0.444 e. The van der Waals surface area contributed by atoms with Crippen LogP contribution in [0.4, 0.5) is 4.79 Å². The van der Waals surface area contributed by atoms with Crippen LogP contribution in [0.1, 0.15) is 48.0 Å². The summed E-state index contributed by atoms with van der Waals surface area (Å²) in [6.45, 7) is 17.2. The molecule has 1 amide bonds. The third-order valence-electron chi connectivity index (χ3n) is 4.24. The molecule has 0 saturated heterocycles. The number of rotatable bonds is 4. The molecule has 23 heavy (non-hydrogen) atoms. The molecule has 1 atom stereocenters. The highest BCUT2D eigenvalue weighted by molar-refractivity contribution is 6.74. The smallest absolute Gasteiger partial charge is 0.414 e. The highest BCUT2D eigenvalue weighted by Crippen LogP contribution is 2.36. The van der Waals surface area contributed by atoms with E-state index in [1.807, 2.05) is 32.9 Å². The molecular formula is C17H33NO4Si. The van der Waals surface area contributed by atoms with E-state index in [2.05, 4.69) is 33.9 Å². The summed E-state index contributed by atoms with van der Waals surface area (Å²) >= 11 is 0. The van der Waals surface area contributed by atoms with E-state index < -0.39 is 20.0 Å². The van der Waals surface area contributed by atoms with Gasteiger partial charge in [-0.2, -0.15) is 0 Å². The summed E-state index contributed by atoms with van der Waals surface area (Å²) < 4.78 is 17.4. The Hall–Kier alpha value is -0.853. The van der Waals surface area contributed by atoms with E-state index in [-0.39, 0.29) is 18.0 Å². The lowest BCUT2D eigenvalue weighted by Gasteiger charge is -2.40. The first-order valence-electron chi connectivity index (χ1n) is 8.24. The molecule has 0 spiro atoms.